The number of aryl methyl sites for hydroxylation is 1. The van der Waals surface area contributed by atoms with Crippen molar-refractivity contribution in [2.75, 3.05) is 26.2 Å². The Balaban J connectivity index is 1.56. The van der Waals surface area contributed by atoms with E-state index in [2.05, 4.69) is 22.0 Å². The second-order valence-corrected chi connectivity index (χ2v) is 6.06. The predicted molar refractivity (Wildman–Crippen MR) is 76.4 cm³/mol. The molecule has 2 heterocycles. The maximum Gasteiger partial charge on any atom is 0.243 e. The van der Waals surface area contributed by atoms with Gasteiger partial charge in [-0.2, -0.15) is 4.98 Å². The maximum absolute atomic E-state index is 12.2. The van der Waals surface area contributed by atoms with E-state index in [4.69, 9.17) is 10.3 Å². The molecule has 3 rings (SSSR count). The van der Waals surface area contributed by atoms with Gasteiger partial charge < -0.3 is 15.2 Å². The third kappa shape index (κ3) is 2.80. The average Bonchev–Trinajstić information content (AvgIpc) is 3.09. The number of hydrogen-bond acceptors (Lipinski definition) is 6. The van der Waals surface area contributed by atoms with Crippen LogP contribution in [0.2, 0.25) is 0 Å². The Morgan fingerprint density at radius 1 is 1.38 bits per heavy atom. The lowest BCUT2D eigenvalue weighted by Gasteiger charge is -2.37. The van der Waals surface area contributed by atoms with Crippen LogP contribution in [0.15, 0.2) is 4.52 Å². The minimum absolute atomic E-state index is 0.0859. The summed E-state index contributed by atoms with van der Waals surface area (Å²) < 4.78 is 5.31. The monoisotopic (exact) mass is 293 g/mol. The van der Waals surface area contributed by atoms with Gasteiger partial charge in [0, 0.05) is 32.6 Å². The lowest BCUT2D eigenvalue weighted by molar-refractivity contribution is -0.135. The minimum Gasteiger partial charge on any atom is -0.339 e. The number of amides is 1. The Morgan fingerprint density at radius 2 is 2.05 bits per heavy atom. The number of hydrogen-bond donors (Lipinski definition) is 1. The SMILES string of the molecule is CCc1noc(C(C)N2CCN(C(=O)C3(N)CC3)CC2)n1. The van der Waals surface area contributed by atoms with Crippen molar-refractivity contribution in [1.29, 1.82) is 0 Å². The molecule has 0 bridgehead atoms. The van der Waals surface area contributed by atoms with Crippen LogP contribution in [0.3, 0.4) is 0 Å². The summed E-state index contributed by atoms with van der Waals surface area (Å²) in [4.78, 5) is 20.8. The predicted octanol–water partition coefficient (Wildman–Crippen LogP) is 0.329. The number of carbonyl (C=O) groups excluding carboxylic acids is 1. The summed E-state index contributed by atoms with van der Waals surface area (Å²) in [6, 6.07) is 0.0859. The zero-order chi connectivity index (χ0) is 15.0. The Labute approximate surface area is 124 Å². The molecule has 1 atom stereocenters. The van der Waals surface area contributed by atoms with Crippen molar-refractivity contribution in [3.8, 4) is 0 Å². The molecule has 1 aromatic rings. The molecule has 1 amide bonds. The van der Waals surface area contributed by atoms with E-state index in [-0.39, 0.29) is 11.9 Å². The van der Waals surface area contributed by atoms with Crippen LogP contribution in [0.5, 0.6) is 0 Å². The molecule has 0 aromatic carbocycles. The van der Waals surface area contributed by atoms with Gasteiger partial charge in [-0.15, -0.1) is 0 Å². The Kier molecular flexibility index (Phi) is 3.71. The highest BCUT2D eigenvalue weighted by Gasteiger charge is 2.48. The number of carbonyl (C=O) groups is 1. The van der Waals surface area contributed by atoms with E-state index in [0.29, 0.717) is 5.89 Å². The van der Waals surface area contributed by atoms with Crippen molar-refractivity contribution < 1.29 is 9.32 Å². The van der Waals surface area contributed by atoms with Gasteiger partial charge in [-0.25, -0.2) is 0 Å². The highest BCUT2D eigenvalue weighted by atomic mass is 16.5. The van der Waals surface area contributed by atoms with Crippen LogP contribution in [0.4, 0.5) is 0 Å². The van der Waals surface area contributed by atoms with Crippen molar-refractivity contribution >= 4 is 5.91 Å². The first kappa shape index (κ1) is 14.5. The number of rotatable bonds is 4. The van der Waals surface area contributed by atoms with Crippen LogP contribution in [0.1, 0.15) is 44.4 Å². The zero-order valence-corrected chi connectivity index (χ0v) is 12.7. The standard InChI is InChI=1S/C14H23N5O2/c1-3-11-16-12(21-17-11)10(2)18-6-8-19(9-7-18)13(20)14(15)4-5-14/h10H,3-9,15H2,1-2H3. The molecule has 7 nitrogen and oxygen atoms in total. The summed E-state index contributed by atoms with van der Waals surface area (Å²) in [5.74, 6) is 1.51. The van der Waals surface area contributed by atoms with Crippen LogP contribution < -0.4 is 5.73 Å². The maximum atomic E-state index is 12.2. The topological polar surface area (TPSA) is 88.5 Å². The Bertz CT molecular complexity index is 517. The van der Waals surface area contributed by atoms with E-state index in [9.17, 15) is 4.79 Å². The fraction of sp³-hybridized carbons (Fsp3) is 0.786. The second-order valence-electron chi connectivity index (χ2n) is 6.06. The molecule has 1 aromatic heterocycles. The molecule has 2 N–H and O–H groups in total. The quantitative estimate of drug-likeness (QED) is 0.860. The Morgan fingerprint density at radius 3 is 2.57 bits per heavy atom. The van der Waals surface area contributed by atoms with Gasteiger partial charge in [0.25, 0.3) is 0 Å². The lowest BCUT2D eigenvalue weighted by Crippen LogP contribution is -2.54. The number of nitrogens with zero attached hydrogens (tertiary/aromatic N) is 4. The van der Waals surface area contributed by atoms with Crippen molar-refractivity contribution in [3.05, 3.63) is 11.7 Å². The molecule has 1 unspecified atom stereocenters. The highest BCUT2D eigenvalue weighted by Crippen LogP contribution is 2.34. The molecule has 7 heteroatoms. The van der Waals surface area contributed by atoms with Gasteiger partial charge >= 0.3 is 0 Å². The molecule has 2 fully saturated rings. The summed E-state index contributed by atoms with van der Waals surface area (Å²) >= 11 is 0. The van der Waals surface area contributed by atoms with Crippen molar-refractivity contribution in [2.24, 2.45) is 5.73 Å². The van der Waals surface area contributed by atoms with Crippen molar-refractivity contribution in [3.63, 3.8) is 0 Å². The third-order valence-corrected chi connectivity index (χ3v) is 4.52. The van der Waals surface area contributed by atoms with Gasteiger partial charge in [-0.3, -0.25) is 9.69 Å². The molecule has 2 aliphatic rings. The average molecular weight is 293 g/mol. The zero-order valence-electron chi connectivity index (χ0n) is 12.7. The van der Waals surface area contributed by atoms with E-state index in [1.54, 1.807) is 0 Å². The summed E-state index contributed by atoms with van der Waals surface area (Å²) in [7, 11) is 0. The smallest absolute Gasteiger partial charge is 0.243 e. The molecular weight excluding hydrogens is 270 g/mol. The van der Waals surface area contributed by atoms with Crippen LogP contribution in [0, 0.1) is 0 Å². The van der Waals surface area contributed by atoms with Gasteiger partial charge in [0.1, 0.15) is 0 Å². The lowest BCUT2D eigenvalue weighted by atomic mass is 10.2. The first-order chi connectivity index (χ1) is 10.0. The van der Waals surface area contributed by atoms with Gasteiger partial charge in [0.15, 0.2) is 5.82 Å². The molecule has 1 aliphatic carbocycles. The molecule has 0 spiro atoms. The molecule has 1 saturated heterocycles. The van der Waals surface area contributed by atoms with Crippen LogP contribution in [-0.2, 0) is 11.2 Å². The van der Waals surface area contributed by atoms with E-state index in [1.807, 2.05) is 11.8 Å². The van der Waals surface area contributed by atoms with Crippen LogP contribution >= 0.6 is 0 Å². The summed E-state index contributed by atoms with van der Waals surface area (Å²) in [5, 5.41) is 3.94. The summed E-state index contributed by atoms with van der Waals surface area (Å²) in [5.41, 5.74) is 5.43. The van der Waals surface area contributed by atoms with Gasteiger partial charge in [0.2, 0.25) is 11.8 Å². The first-order valence-corrected chi connectivity index (χ1v) is 7.68. The first-order valence-electron chi connectivity index (χ1n) is 7.68. The number of nitrogens with two attached hydrogens (primary N) is 1. The molecule has 1 aliphatic heterocycles. The number of piperazine rings is 1. The fourth-order valence-corrected chi connectivity index (χ4v) is 2.71. The summed E-state index contributed by atoms with van der Waals surface area (Å²) in [6.07, 6.45) is 2.42. The fourth-order valence-electron chi connectivity index (χ4n) is 2.71. The molecule has 1 saturated carbocycles. The molecular formula is C14H23N5O2. The van der Waals surface area contributed by atoms with E-state index < -0.39 is 5.54 Å². The van der Waals surface area contributed by atoms with Gasteiger partial charge in [-0.1, -0.05) is 12.1 Å². The summed E-state index contributed by atoms with van der Waals surface area (Å²) in [6.45, 7) is 7.13. The second kappa shape index (κ2) is 5.38. The largest absolute Gasteiger partial charge is 0.339 e. The van der Waals surface area contributed by atoms with Crippen molar-refractivity contribution in [2.45, 2.75) is 44.7 Å². The molecule has 116 valence electrons. The van der Waals surface area contributed by atoms with Gasteiger partial charge in [0.05, 0.1) is 11.6 Å². The highest BCUT2D eigenvalue weighted by molar-refractivity contribution is 5.89. The molecule has 0 radical (unpaired) electrons. The molecule has 21 heavy (non-hydrogen) atoms. The van der Waals surface area contributed by atoms with E-state index >= 15 is 0 Å². The van der Waals surface area contributed by atoms with Crippen molar-refractivity contribution in [1.82, 2.24) is 19.9 Å². The number of aromatic nitrogens is 2. The van der Waals surface area contributed by atoms with E-state index in [0.717, 1.165) is 51.3 Å². The van der Waals surface area contributed by atoms with Crippen LogP contribution in [-0.4, -0.2) is 57.6 Å². The third-order valence-electron chi connectivity index (χ3n) is 4.52. The normalized spacial score (nSPS) is 23.1. The Hall–Kier alpha value is -1.47. The van der Waals surface area contributed by atoms with E-state index in [1.165, 1.54) is 0 Å². The minimum atomic E-state index is -0.559. The van der Waals surface area contributed by atoms with Crippen LogP contribution in [0.25, 0.3) is 0 Å². The van der Waals surface area contributed by atoms with Gasteiger partial charge in [-0.05, 0) is 19.8 Å².